The summed E-state index contributed by atoms with van der Waals surface area (Å²) in [7, 11) is 2.43. The van der Waals surface area contributed by atoms with Crippen LogP contribution >= 0.6 is 0 Å². The van der Waals surface area contributed by atoms with Crippen molar-refractivity contribution in [3.8, 4) is 0 Å². The largest absolute Gasteiger partial charge is 0.465 e. The molecule has 5 rings (SSSR count). The summed E-state index contributed by atoms with van der Waals surface area (Å²) in [5.74, 6) is -9.38. The maximum absolute atomic E-state index is 14.4. The number of carbonyl (C=O) groups excluding carboxylic acids is 7. The minimum absolute atomic E-state index is 0.0341. The molecule has 2 saturated heterocycles. The molecule has 0 saturated carbocycles. The minimum atomic E-state index is -2.67. The first-order valence-corrected chi connectivity index (χ1v) is 22.5. The van der Waals surface area contributed by atoms with E-state index >= 15 is 0 Å². The zero-order valence-corrected chi connectivity index (χ0v) is 40.4. The second-order valence-corrected chi connectivity index (χ2v) is 16.5. The fraction of sp³-hybridized carbons (Fsp3) is 0.500. The summed E-state index contributed by atoms with van der Waals surface area (Å²) < 4.78 is 73.1. The first kappa shape index (κ1) is 54.8. The van der Waals surface area contributed by atoms with Crippen LogP contribution in [0.3, 0.4) is 0 Å². The van der Waals surface area contributed by atoms with E-state index in [1.807, 2.05) is 91.0 Å². The first-order valence-electron chi connectivity index (χ1n) is 22.5. The van der Waals surface area contributed by atoms with Crippen LogP contribution in [0.4, 0.5) is 0 Å². The number of carbonyl (C=O) groups is 7. The van der Waals surface area contributed by atoms with Crippen molar-refractivity contribution in [2.45, 2.75) is 135 Å². The third kappa shape index (κ3) is 14.9. The van der Waals surface area contributed by atoms with Crippen LogP contribution < -0.4 is 0 Å². The third-order valence-electron chi connectivity index (χ3n) is 11.2. The summed E-state index contributed by atoms with van der Waals surface area (Å²) in [5.41, 5.74) is 2.46. The Labute approximate surface area is 405 Å². The van der Waals surface area contributed by atoms with E-state index < -0.39 is 128 Å². The van der Waals surface area contributed by atoms with E-state index in [0.717, 1.165) is 65.3 Å². The second kappa shape index (κ2) is 26.2. The van der Waals surface area contributed by atoms with Gasteiger partial charge in [-0.25, -0.2) is 4.79 Å². The summed E-state index contributed by atoms with van der Waals surface area (Å²) >= 11 is 0. The third-order valence-corrected chi connectivity index (χ3v) is 11.2. The van der Waals surface area contributed by atoms with E-state index in [4.69, 9.17) is 56.8 Å². The lowest BCUT2D eigenvalue weighted by atomic mass is 9.86. The molecule has 3 aromatic rings. The van der Waals surface area contributed by atoms with E-state index in [2.05, 4.69) is 0 Å². The van der Waals surface area contributed by atoms with Crippen LogP contribution in [0.5, 0.6) is 0 Å². The van der Waals surface area contributed by atoms with E-state index in [-0.39, 0.29) is 19.8 Å². The van der Waals surface area contributed by atoms with Gasteiger partial charge in [-0.05, 0) is 16.7 Å². The maximum atomic E-state index is 14.4. The first-order chi connectivity index (χ1) is 33.5. The van der Waals surface area contributed by atoms with Gasteiger partial charge in [-0.3, -0.25) is 33.7 Å². The Balaban J connectivity index is 1.65. The fourth-order valence-electron chi connectivity index (χ4n) is 8.36. The molecule has 2 amide bonds. The van der Waals surface area contributed by atoms with Gasteiger partial charge in [0.25, 0.3) is 5.79 Å². The van der Waals surface area contributed by atoms with Gasteiger partial charge in [-0.1, -0.05) is 91.0 Å². The quantitative estimate of drug-likeness (QED) is 0.103. The molecule has 0 aliphatic carbocycles. The van der Waals surface area contributed by atoms with Crippen molar-refractivity contribution in [2.75, 3.05) is 27.4 Å². The molecule has 20 nitrogen and oxygen atoms in total. The molecule has 70 heavy (non-hydrogen) atoms. The molecule has 2 fully saturated rings. The number of nitrogens with zero attached hydrogens (tertiary/aromatic N) is 1. The number of amides is 2. The zero-order valence-electron chi connectivity index (χ0n) is 40.4. The van der Waals surface area contributed by atoms with E-state index in [1.165, 1.54) is 7.11 Å². The molecule has 11 atom stereocenters. The summed E-state index contributed by atoms with van der Waals surface area (Å²) in [6.45, 7) is 5.11. The van der Waals surface area contributed by atoms with Gasteiger partial charge in [0.2, 0.25) is 11.8 Å². The van der Waals surface area contributed by atoms with Gasteiger partial charge in [-0.2, -0.15) is 0 Å². The van der Waals surface area contributed by atoms with E-state index in [1.54, 1.807) is 0 Å². The Morgan fingerprint density at radius 2 is 1.14 bits per heavy atom. The van der Waals surface area contributed by atoms with Crippen LogP contribution in [-0.4, -0.2) is 141 Å². The highest BCUT2D eigenvalue weighted by molar-refractivity contribution is 5.93. The van der Waals surface area contributed by atoms with Gasteiger partial charge in [-0.15, -0.1) is 0 Å². The van der Waals surface area contributed by atoms with Crippen molar-refractivity contribution in [1.82, 2.24) is 4.90 Å². The number of esters is 5. The van der Waals surface area contributed by atoms with Crippen LogP contribution in [0.25, 0.3) is 0 Å². The average Bonchev–Trinajstić information content (AvgIpc) is 3.32. The van der Waals surface area contributed by atoms with Crippen molar-refractivity contribution in [1.29, 1.82) is 0 Å². The highest BCUT2D eigenvalue weighted by Crippen LogP contribution is 2.41. The highest BCUT2D eigenvalue weighted by Gasteiger charge is 2.62. The lowest BCUT2D eigenvalue weighted by Crippen LogP contribution is -2.71. The summed E-state index contributed by atoms with van der Waals surface area (Å²) in [5, 5.41) is 0. The predicted octanol–water partition coefficient (Wildman–Crippen LogP) is 3.91. The number of rotatable bonds is 22. The molecule has 3 aromatic carbocycles. The zero-order chi connectivity index (χ0) is 51.0. The number of benzene rings is 3. The number of hydrogen-bond acceptors (Lipinski definition) is 19. The van der Waals surface area contributed by atoms with Crippen LogP contribution in [0.1, 0.15) is 64.7 Å². The fourth-order valence-corrected chi connectivity index (χ4v) is 8.36. The standard InChI is InChI=1S/C50H61NO19/c1-30(52)51(31(2)53)42-39(66-33(4)55)24-50(49(58)60-8,70-45(42)44(68-35(6)57)40(67-34(5)56)28-61-32(3)54)65-29-41-43(62-25-36-18-12-9-13-19-36)46(63-26-37-20-14-10-15-21-37)47(48(59-7)69-41)64-27-38-22-16-11-17-23-38/h9-23,39-48H,24-29H2,1-8H3/t39-,40+,41+,42+,43+,44+,45+,46-,47+,48-,50-/m0/s1. The van der Waals surface area contributed by atoms with Crippen LogP contribution in [0.15, 0.2) is 91.0 Å². The average molecular weight is 980 g/mol. The molecule has 380 valence electrons. The lowest BCUT2D eigenvalue weighted by molar-refractivity contribution is -0.350. The lowest BCUT2D eigenvalue weighted by Gasteiger charge is -2.51. The van der Waals surface area contributed by atoms with E-state index in [0.29, 0.717) is 4.90 Å². The van der Waals surface area contributed by atoms with Crippen molar-refractivity contribution < 1.29 is 90.4 Å². The normalized spacial score (nSPS) is 25.0. The van der Waals surface area contributed by atoms with Gasteiger partial charge in [0.1, 0.15) is 49.3 Å². The topological polar surface area (TPSA) is 233 Å². The maximum Gasteiger partial charge on any atom is 0.366 e. The van der Waals surface area contributed by atoms with Crippen molar-refractivity contribution >= 4 is 41.7 Å². The number of imide groups is 1. The van der Waals surface area contributed by atoms with Gasteiger partial charge >= 0.3 is 29.8 Å². The molecule has 0 spiro atoms. The molecule has 0 bridgehead atoms. The molecule has 20 heteroatoms. The van der Waals surface area contributed by atoms with E-state index in [9.17, 15) is 33.6 Å². The van der Waals surface area contributed by atoms with Crippen molar-refractivity contribution in [3.63, 3.8) is 0 Å². The SMILES string of the molecule is COC(=O)[C@]1(OC[C@H]2O[C@H](OC)[C@H](OCc3ccccc3)[C@@H](OCc3ccccc3)[C@@H]2OCc2ccccc2)C[C@H](OC(C)=O)[C@@H](N(C(C)=O)C(C)=O)[C@H]([C@H](OC(C)=O)[C@@H](COC(C)=O)OC(C)=O)O1. The van der Waals surface area contributed by atoms with Crippen molar-refractivity contribution in [3.05, 3.63) is 108 Å². The van der Waals surface area contributed by atoms with Gasteiger partial charge in [0.05, 0.1) is 40.0 Å². The number of methoxy groups -OCH3 is 2. The second-order valence-electron chi connectivity index (χ2n) is 16.5. The Morgan fingerprint density at radius 1 is 0.643 bits per heavy atom. The minimum Gasteiger partial charge on any atom is -0.465 e. The van der Waals surface area contributed by atoms with Gasteiger partial charge in [0, 0.05) is 48.7 Å². The molecule has 0 unspecified atom stereocenters. The monoisotopic (exact) mass is 979 g/mol. The van der Waals surface area contributed by atoms with Gasteiger partial charge < -0.3 is 56.8 Å². The Hall–Kier alpha value is -6.13. The van der Waals surface area contributed by atoms with Crippen molar-refractivity contribution in [2.24, 2.45) is 0 Å². The molecule has 0 aromatic heterocycles. The molecule has 0 radical (unpaired) electrons. The van der Waals surface area contributed by atoms with Crippen LogP contribution in [-0.2, 0) is 110 Å². The highest BCUT2D eigenvalue weighted by atomic mass is 16.8. The Kier molecular flexibility index (Phi) is 20.5. The Morgan fingerprint density at radius 3 is 1.59 bits per heavy atom. The van der Waals surface area contributed by atoms with Crippen LogP contribution in [0.2, 0.25) is 0 Å². The molecule has 2 aliphatic rings. The molecular formula is C50H61NO19. The summed E-state index contributed by atoms with van der Waals surface area (Å²) in [6, 6.07) is 26.3. The van der Waals surface area contributed by atoms with Crippen LogP contribution in [0, 0.1) is 0 Å². The predicted molar refractivity (Wildman–Crippen MR) is 241 cm³/mol. The summed E-state index contributed by atoms with van der Waals surface area (Å²) in [6.07, 6.45) is -13.4. The molecule has 2 heterocycles. The molecular weight excluding hydrogens is 919 g/mol. The smallest absolute Gasteiger partial charge is 0.366 e. The molecule has 2 aliphatic heterocycles. The molecule has 0 N–H and O–H groups in total. The summed E-state index contributed by atoms with van der Waals surface area (Å²) in [4.78, 5) is 92.6. The number of ether oxygens (including phenoxy) is 12. The van der Waals surface area contributed by atoms with Gasteiger partial charge in [0.15, 0.2) is 18.5 Å². The number of hydrogen-bond donors (Lipinski definition) is 0. The Bertz CT molecular complexity index is 2200.